The largest absolute Gasteiger partial charge is 0.396 e. The number of benzene rings is 1. The molecule has 9 fully saturated rings. The molecule has 12 heteroatoms. The van der Waals surface area contributed by atoms with Gasteiger partial charge in [-0.05, 0) is 135 Å². The second kappa shape index (κ2) is 29.8. The van der Waals surface area contributed by atoms with Crippen molar-refractivity contribution in [3.05, 3.63) is 35.9 Å². The van der Waals surface area contributed by atoms with Gasteiger partial charge in [0.05, 0.1) is 12.2 Å². The van der Waals surface area contributed by atoms with E-state index in [0.29, 0.717) is 36.9 Å². The van der Waals surface area contributed by atoms with Crippen molar-refractivity contribution in [1.82, 2.24) is 0 Å². The molecule has 1 aromatic carbocycles. The zero-order valence-electron chi connectivity index (χ0n) is 44.5. The SMILES string of the molecule is CC1CC(F)(F)C1(F)Cl.CC1CC(F)(F)C1(F)F.CC1CC1c1ccccc1.CC1CC2CCC1C2.C[C@H]1CCCC[C@@H]1CO.C[C@H]1CCCC[C@@H]1O.C[C@H]1CCCC[C@H]1CO.C[C@H]1CCCC[C@H]1O. The predicted molar refractivity (Wildman–Crippen MR) is 273 cm³/mol. The van der Waals surface area contributed by atoms with Crippen molar-refractivity contribution in [2.45, 2.75) is 244 Å². The summed E-state index contributed by atoms with van der Waals surface area (Å²) in [4.78, 5) is 0. The number of halogens is 8. The molecular formula is C58H98ClF7O4. The molecule has 0 aromatic heterocycles. The van der Waals surface area contributed by atoms with E-state index in [1.807, 2.05) is 0 Å². The van der Waals surface area contributed by atoms with E-state index in [4.69, 9.17) is 21.8 Å². The third-order valence-corrected chi connectivity index (χ3v) is 18.6. The van der Waals surface area contributed by atoms with Crippen molar-refractivity contribution in [3.8, 4) is 0 Å². The Morgan fingerprint density at radius 3 is 1.07 bits per heavy atom. The van der Waals surface area contributed by atoms with Crippen molar-refractivity contribution >= 4 is 11.6 Å². The molecule has 8 unspecified atom stereocenters. The zero-order valence-corrected chi connectivity index (χ0v) is 45.3. The Morgan fingerprint density at radius 2 is 0.886 bits per heavy atom. The lowest BCUT2D eigenvalue weighted by Gasteiger charge is -2.43. The van der Waals surface area contributed by atoms with E-state index in [-0.39, 0.29) is 12.2 Å². The summed E-state index contributed by atoms with van der Waals surface area (Å²) in [6.07, 6.45) is 26.6. The Labute approximate surface area is 425 Å². The monoisotopic (exact) mass is 1030 g/mol. The van der Waals surface area contributed by atoms with E-state index < -0.39 is 47.6 Å². The third-order valence-electron chi connectivity index (χ3n) is 17.9. The molecule has 0 spiro atoms. The summed E-state index contributed by atoms with van der Waals surface area (Å²) < 4.78 is 84.1. The molecule has 410 valence electrons. The molecule has 1 aromatic rings. The molecule has 9 aliphatic carbocycles. The fourth-order valence-electron chi connectivity index (χ4n) is 11.7. The quantitative estimate of drug-likeness (QED) is 0.180. The Hall–Kier alpha value is -1.14. The van der Waals surface area contributed by atoms with Gasteiger partial charge in [0.1, 0.15) is 0 Å². The minimum atomic E-state index is -3.76. The van der Waals surface area contributed by atoms with E-state index >= 15 is 0 Å². The van der Waals surface area contributed by atoms with Gasteiger partial charge < -0.3 is 20.4 Å². The summed E-state index contributed by atoms with van der Waals surface area (Å²) >= 11 is 4.83. The Morgan fingerprint density at radius 1 is 0.471 bits per heavy atom. The van der Waals surface area contributed by atoms with Gasteiger partial charge in [-0.2, -0.15) is 17.6 Å². The number of aliphatic hydroxyl groups is 4. The van der Waals surface area contributed by atoms with Gasteiger partial charge in [-0.3, -0.25) is 0 Å². The Bertz CT molecular complexity index is 1460. The van der Waals surface area contributed by atoms with E-state index in [2.05, 4.69) is 71.9 Å². The van der Waals surface area contributed by atoms with Crippen LogP contribution in [0.3, 0.4) is 0 Å². The highest BCUT2D eigenvalue weighted by Gasteiger charge is 2.69. The summed E-state index contributed by atoms with van der Waals surface area (Å²) in [5, 5.41) is 33.3. The lowest BCUT2D eigenvalue weighted by molar-refractivity contribution is -0.309. The molecule has 0 saturated heterocycles. The summed E-state index contributed by atoms with van der Waals surface area (Å²) in [7, 11) is 0. The van der Waals surface area contributed by atoms with Gasteiger partial charge in [-0.1, -0.05) is 168 Å². The van der Waals surface area contributed by atoms with Crippen LogP contribution in [-0.2, 0) is 0 Å². The number of alkyl halides is 8. The average molecular weight is 1030 g/mol. The van der Waals surface area contributed by atoms with Crippen LogP contribution in [0.5, 0.6) is 0 Å². The highest BCUT2D eigenvalue weighted by molar-refractivity contribution is 6.24. The summed E-state index contributed by atoms with van der Waals surface area (Å²) in [5.74, 6) is -3.65. The number of hydrogen-bond donors (Lipinski definition) is 4. The second-order valence-corrected chi connectivity index (χ2v) is 24.4. The van der Waals surface area contributed by atoms with E-state index in [0.717, 1.165) is 61.2 Å². The third kappa shape index (κ3) is 19.5. The first-order valence-corrected chi connectivity index (χ1v) is 28.3. The number of hydrogen-bond acceptors (Lipinski definition) is 4. The molecule has 4 N–H and O–H groups in total. The molecule has 0 heterocycles. The van der Waals surface area contributed by atoms with Crippen LogP contribution in [0.4, 0.5) is 30.7 Å². The molecule has 9 saturated carbocycles. The molecule has 16 atom stereocenters. The summed E-state index contributed by atoms with van der Waals surface area (Å²) in [6, 6.07) is 10.8. The summed E-state index contributed by atoms with van der Waals surface area (Å²) in [5.41, 5.74) is 1.52. The van der Waals surface area contributed by atoms with Crippen molar-refractivity contribution < 1.29 is 51.2 Å². The van der Waals surface area contributed by atoms with Crippen molar-refractivity contribution in [2.24, 2.45) is 71.0 Å². The van der Waals surface area contributed by atoms with Crippen LogP contribution >= 0.6 is 11.6 Å². The van der Waals surface area contributed by atoms with Crippen LogP contribution in [0.2, 0.25) is 0 Å². The molecule has 9 aliphatic rings. The number of rotatable bonds is 3. The molecular weight excluding hydrogens is 929 g/mol. The zero-order chi connectivity index (χ0) is 52.5. The Balaban J connectivity index is 0.000000212. The maximum absolute atomic E-state index is 12.4. The van der Waals surface area contributed by atoms with E-state index in [1.54, 1.807) is 25.7 Å². The van der Waals surface area contributed by atoms with Gasteiger partial charge in [-0.15, -0.1) is 0 Å². The number of aliphatic hydroxyl groups excluding tert-OH is 4. The molecule has 70 heavy (non-hydrogen) atoms. The first-order chi connectivity index (χ1) is 32.8. The standard InChI is InChI=1S/C10H12.2C8H16O.C8H14.2C7H14O.C5H6ClF3.C5H6F4/c1-8-7-10(8)9-5-3-2-4-6-9;2*1-7-4-2-3-5-8(7)6-9;1-6-4-7-2-3-8(6)5-7;2*1-6-4-2-3-5-7(6)8;1-3-2-4(7,8)5(3,6)9;1-3-2-4(6,7)5(3,8)9/h2-6,8,10H,7H2,1H3;2*7-9H,2-6H2,1H3;3*6-8H,2-5H2,1H3;2*3H,2H2,1H3/t;7-,8+;7-,8-;;6-,7+;6-,7-;;/m.00.00../s1. The number of fused-ring (bicyclic) bond motifs is 2. The van der Waals surface area contributed by atoms with Gasteiger partial charge in [0.15, 0.2) is 0 Å². The van der Waals surface area contributed by atoms with Gasteiger partial charge in [0.25, 0.3) is 5.92 Å². The van der Waals surface area contributed by atoms with Crippen molar-refractivity contribution in [3.63, 3.8) is 0 Å². The fraction of sp³-hybridized carbons (Fsp3) is 0.897. The van der Waals surface area contributed by atoms with Gasteiger partial charge >= 0.3 is 11.8 Å². The summed E-state index contributed by atoms with van der Waals surface area (Å²) in [6.45, 7) is 16.8. The maximum atomic E-state index is 12.4. The molecule has 0 radical (unpaired) electrons. The van der Waals surface area contributed by atoms with Crippen LogP contribution in [0.1, 0.15) is 215 Å². The van der Waals surface area contributed by atoms with Gasteiger partial charge in [-0.25, -0.2) is 13.2 Å². The van der Waals surface area contributed by atoms with Gasteiger partial charge in [0, 0.05) is 37.9 Å². The average Bonchev–Trinajstić information content (AvgIpc) is 3.70. The van der Waals surface area contributed by atoms with Crippen molar-refractivity contribution in [2.75, 3.05) is 13.2 Å². The maximum Gasteiger partial charge on any atom is 0.312 e. The highest BCUT2D eigenvalue weighted by Crippen LogP contribution is 2.57. The first kappa shape index (κ1) is 63.2. The van der Waals surface area contributed by atoms with Crippen LogP contribution < -0.4 is 0 Å². The van der Waals surface area contributed by atoms with E-state index in [9.17, 15) is 40.9 Å². The smallest absolute Gasteiger partial charge is 0.312 e. The highest BCUT2D eigenvalue weighted by atomic mass is 35.5. The van der Waals surface area contributed by atoms with Crippen LogP contribution in [0.25, 0.3) is 0 Å². The van der Waals surface area contributed by atoms with E-state index in [1.165, 1.54) is 109 Å². The van der Waals surface area contributed by atoms with Crippen LogP contribution in [-0.4, -0.2) is 68.7 Å². The molecule has 0 aliphatic heterocycles. The minimum Gasteiger partial charge on any atom is -0.396 e. The first-order valence-electron chi connectivity index (χ1n) is 27.9. The van der Waals surface area contributed by atoms with Crippen LogP contribution in [0, 0.1) is 71.0 Å². The topological polar surface area (TPSA) is 80.9 Å². The minimum absolute atomic E-state index is 0.00347. The fourth-order valence-corrected chi connectivity index (χ4v) is 11.9. The van der Waals surface area contributed by atoms with Crippen LogP contribution in [0.15, 0.2) is 30.3 Å². The molecule has 2 bridgehead atoms. The molecule has 4 nitrogen and oxygen atoms in total. The lowest BCUT2D eigenvalue weighted by Crippen LogP contribution is -2.57. The Kier molecular flexibility index (Phi) is 26.9. The normalized spacial score (nSPS) is 39.9. The van der Waals surface area contributed by atoms with Crippen molar-refractivity contribution in [1.29, 1.82) is 0 Å². The second-order valence-electron chi connectivity index (χ2n) is 23.8. The lowest BCUT2D eigenvalue weighted by atomic mass is 9.78. The van der Waals surface area contributed by atoms with Gasteiger partial charge in [0.2, 0.25) is 5.13 Å². The molecule has 10 rings (SSSR count). The molecule has 0 amide bonds. The predicted octanol–water partition coefficient (Wildman–Crippen LogP) is 16.8.